The lowest BCUT2D eigenvalue weighted by molar-refractivity contribution is -0.0430. The summed E-state index contributed by atoms with van der Waals surface area (Å²) in [6, 6.07) is 1.94. The fourth-order valence-electron chi connectivity index (χ4n) is 2.76. The molecule has 1 fully saturated rings. The predicted molar refractivity (Wildman–Crippen MR) is 70.1 cm³/mol. The molecule has 7 heteroatoms. The van der Waals surface area contributed by atoms with Crippen LogP contribution >= 0.6 is 0 Å². The van der Waals surface area contributed by atoms with Gasteiger partial charge in [-0.1, -0.05) is 0 Å². The first-order valence-corrected chi connectivity index (χ1v) is 6.50. The van der Waals surface area contributed by atoms with Gasteiger partial charge in [-0.15, -0.1) is 0 Å². The SMILES string of the molecule is OC[C@H]1O[C@@H](n2ccc3c2ncn2ccnc32)C[C@@H]1O. The molecular formula is C13H14N4O3. The molecule has 7 nitrogen and oxygen atoms in total. The van der Waals surface area contributed by atoms with E-state index in [0.717, 1.165) is 16.7 Å². The van der Waals surface area contributed by atoms with Crippen LogP contribution in [0.4, 0.5) is 0 Å². The molecule has 2 N–H and O–H groups in total. The lowest BCUT2D eigenvalue weighted by Crippen LogP contribution is -2.24. The highest BCUT2D eigenvalue weighted by Gasteiger charge is 2.35. The lowest BCUT2D eigenvalue weighted by Gasteiger charge is -2.14. The zero-order chi connectivity index (χ0) is 13.7. The van der Waals surface area contributed by atoms with Crippen molar-refractivity contribution in [2.75, 3.05) is 6.61 Å². The molecule has 1 saturated heterocycles. The second kappa shape index (κ2) is 4.27. The first-order chi connectivity index (χ1) is 9.78. The molecule has 4 heterocycles. The second-order valence-electron chi connectivity index (χ2n) is 4.98. The fourth-order valence-corrected chi connectivity index (χ4v) is 2.76. The van der Waals surface area contributed by atoms with Gasteiger partial charge in [-0.25, -0.2) is 9.97 Å². The summed E-state index contributed by atoms with van der Waals surface area (Å²) in [6.07, 6.45) is 6.09. The maximum atomic E-state index is 9.83. The van der Waals surface area contributed by atoms with Crippen LogP contribution in [0.2, 0.25) is 0 Å². The van der Waals surface area contributed by atoms with Gasteiger partial charge in [0.25, 0.3) is 0 Å². The van der Waals surface area contributed by atoms with E-state index in [0.29, 0.717) is 6.42 Å². The van der Waals surface area contributed by atoms with Crippen LogP contribution in [0.25, 0.3) is 16.7 Å². The predicted octanol–water partition coefficient (Wildman–Crippen LogP) is 0.325. The van der Waals surface area contributed by atoms with Crippen LogP contribution < -0.4 is 0 Å². The van der Waals surface area contributed by atoms with E-state index in [9.17, 15) is 5.11 Å². The number of hydrogen-bond donors (Lipinski definition) is 2. The van der Waals surface area contributed by atoms with E-state index >= 15 is 0 Å². The van der Waals surface area contributed by atoms with E-state index in [1.807, 2.05) is 27.4 Å². The standard InChI is InChI=1S/C13H14N4O3/c18-6-10-9(19)5-11(20-10)17-3-1-8-12-14-2-4-16(12)7-15-13(8)17/h1-4,7,9-11,18-19H,5-6H2/t9-,10+,11+/m0/s1. The summed E-state index contributed by atoms with van der Waals surface area (Å²) in [5, 5.41) is 19.9. The van der Waals surface area contributed by atoms with Gasteiger partial charge in [0, 0.05) is 25.0 Å². The van der Waals surface area contributed by atoms with Crippen molar-refractivity contribution in [3.05, 3.63) is 31.0 Å². The van der Waals surface area contributed by atoms with Gasteiger partial charge in [-0.05, 0) is 6.07 Å². The number of hydrogen-bond acceptors (Lipinski definition) is 5. The van der Waals surface area contributed by atoms with Crippen LogP contribution in [0.1, 0.15) is 12.6 Å². The maximum Gasteiger partial charge on any atom is 0.148 e. The Kier molecular flexibility index (Phi) is 2.53. The van der Waals surface area contributed by atoms with E-state index in [-0.39, 0.29) is 12.8 Å². The van der Waals surface area contributed by atoms with Gasteiger partial charge in [0.1, 0.15) is 30.0 Å². The molecule has 0 aliphatic carbocycles. The van der Waals surface area contributed by atoms with Crippen molar-refractivity contribution in [1.82, 2.24) is 18.9 Å². The molecular weight excluding hydrogens is 260 g/mol. The molecule has 3 aromatic rings. The Balaban J connectivity index is 1.81. The van der Waals surface area contributed by atoms with Crippen molar-refractivity contribution in [3.8, 4) is 0 Å². The molecule has 0 bridgehead atoms. The minimum absolute atomic E-state index is 0.186. The molecule has 104 valence electrons. The summed E-state index contributed by atoms with van der Waals surface area (Å²) in [6.45, 7) is -0.186. The molecule has 0 saturated carbocycles. The number of fused-ring (bicyclic) bond motifs is 3. The maximum absolute atomic E-state index is 9.83. The van der Waals surface area contributed by atoms with E-state index in [1.165, 1.54) is 0 Å². The molecule has 0 aromatic carbocycles. The second-order valence-corrected chi connectivity index (χ2v) is 4.98. The van der Waals surface area contributed by atoms with E-state index < -0.39 is 12.2 Å². The third kappa shape index (κ3) is 1.57. The van der Waals surface area contributed by atoms with Crippen molar-refractivity contribution in [2.45, 2.75) is 24.9 Å². The van der Waals surface area contributed by atoms with Crippen LogP contribution in [-0.2, 0) is 4.74 Å². The molecule has 0 radical (unpaired) electrons. The van der Waals surface area contributed by atoms with Crippen molar-refractivity contribution in [1.29, 1.82) is 0 Å². The molecule has 3 aromatic heterocycles. The van der Waals surface area contributed by atoms with Crippen molar-refractivity contribution >= 4 is 16.7 Å². The number of rotatable bonds is 2. The van der Waals surface area contributed by atoms with Crippen LogP contribution in [0.5, 0.6) is 0 Å². The number of nitrogens with zero attached hydrogens (tertiary/aromatic N) is 4. The monoisotopic (exact) mass is 274 g/mol. The van der Waals surface area contributed by atoms with E-state index in [1.54, 1.807) is 12.5 Å². The summed E-state index contributed by atoms with van der Waals surface area (Å²) < 4.78 is 9.40. The van der Waals surface area contributed by atoms with Crippen molar-refractivity contribution < 1.29 is 14.9 Å². The Bertz CT molecular complexity index is 765. The minimum Gasteiger partial charge on any atom is -0.394 e. The Morgan fingerprint density at radius 3 is 3.00 bits per heavy atom. The largest absolute Gasteiger partial charge is 0.394 e. The Hall–Kier alpha value is -1.96. The first-order valence-electron chi connectivity index (χ1n) is 6.50. The number of ether oxygens (including phenoxy) is 1. The fraction of sp³-hybridized carbons (Fsp3) is 0.385. The molecule has 3 atom stereocenters. The highest BCUT2D eigenvalue weighted by atomic mass is 16.5. The van der Waals surface area contributed by atoms with Crippen LogP contribution in [0, 0.1) is 0 Å². The molecule has 4 rings (SSSR count). The molecule has 0 spiro atoms. The summed E-state index contributed by atoms with van der Waals surface area (Å²) in [7, 11) is 0. The van der Waals surface area contributed by atoms with Gasteiger partial charge in [-0.3, -0.25) is 4.40 Å². The summed E-state index contributed by atoms with van der Waals surface area (Å²) in [5.74, 6) is 0. The molecule has 0 unspecified atom stereocenters. The van der Waals surface area contributed by atoms with E-state index in [4.69, 9.17) is 9.84 Å². The molecule has 20 heavy (non-hydrogen) atoms. The first kappa shape index (κ1) is 11.8. The Labute approximate surface area is 114 Å². The van der Waals surface area contributed by atoms with Gasteiger partial charge in [-0.2, -0.15) is 0 Å². The number of imidazole rings is 1. The van der Waals surface area contributed by atoms with Crippen LogP contribution in [-0.4, -0.2) is 48.0 Å². The Morgan fingerprint density at radius 2 is 2.20 bits per heavy atom. The Morgan fingerprint density at radius 1 is 1.30 bits per heavy atom. The van der Waals surface area contributed by atoms with E-state index in [2.05, 4.69) is 9.97 Å². The average Bonchev–Trinajstić information content (AvgIpc) is 3.13. The third-order valence-corrected chi connectivity index (χ3v) is 3.80. The molecule has 1 aliphatic rings. The quantitative estimate of drug-likeness (QED) is 0.703. The van der Waals surface area contributed by atoms with Crippen LogP contribution in [0.3, 0.4) is 0 Å². The normalized spacial score (nSPS) is 26.8. The van der Waals surface area contributed by atoms with Gasteiger partial charge in [0.05, 0.1) is 18.1 Å². The average molecular weight is 274 g/mol. The highest BCUT2D eigenvalue weighted by molar-refractivity contribution is 5.89. The zero-order valence-electron chi connectivity index (χ0n) is 10.6. The third-order valence-electron chi connectivity index (χ3n) is 3.80. The number of aromatic nitrogens is 4. The lowest BCUT2D eigenvalue weighted by atomic mass is 10.2. The minimum atomic E-state index is -0.655. The number of aliphatic hydroxyl groups is 2. The van der Waals surface area contributed by atoms with Crippen LogP contribution in [0.15, 0.2) is 31.0 Å². The smallest absolute Gasteiger partial charge is 0.148 e. The summed E-state index contributed by atoms with van der Waals surface area (Å²) >= 11 is 0. The molecule has 1 aliphatic heterocycles. The number of aliphatic hydroxyl groups excluding tert-OH is 2. The summed E-state index contributed by atoms with van der Waals surface area (Å²) in [5.41, 5.74) is 1.60. The van der Waals surface area contributed by atoms with Gasteiger partial charge in [0.2, 0.25) is 0 Å². The molecule has 0 amide bonds. The van der Waals surface area contributed by atoms with Gasteiger partial charge < -0.3 is 19.5 Å². The van der Waals surface area contributed by atoms with Gasteiger partial charge >= 0.3 is 0 Å². The summed E-state index contributed by atoms with van der Waals surface area (Å²) in [4.78, 5) is 8.74. The van der Waals surface area contributed by atoms with Crippen molar-refractivity contribution in [3.63, 3.8) is 0 Å². The highest BCUT2D eigenvalue weighted by Crippen LogP contribution is 2.31. The topological polar surface area (TPSA) is 84.8 Å². The zero-order valence-corrected chi connectivity index (χ0v) is 10.6. The van der Waals surface area contributed by atoms with Crippen molar-refractivity contribution in [2.24, 2.45) is 0 Å². The van der Waals surface area contributed by atoms with Gasteiger partial charge in [0.15, 0.2) is 0 Å².